The van der Waals surface area contributed by atoms with Crippen molar-refractivity contribution in [3.63, 3.8) is 0 Å². The Morgan fingerprint density at radius 3 is 2.44 bits per heavy atom. The number of halogens is 1. The molecule has 6 rings (SSSR count). The van der Waals surface area contributed by atoms with Crippen LogP contribution in [0.1, 0.15) is 48.5 Å². The van der Waals surface area contributed by atoms with Gasteiger partial charge in [-0.1, -0.05) is 11.8 Å². The molecule has 0 spiro atoms. The average molecular weight is 498 g/mol. The van der Waals surface area contributed by atoms with E-state index in [2.05, 4.69) is 40.8 Å². The molecular weight excluding hydrogens is 473 g/mol. The number of nitriles is 2. The first-order valence-corrected chi connectivity index (χ1v) is 12.8. The number of hydrogen-bond donors (Lipinski definition) is 0. The first kappa shape index (κ1) is 22.8. The average Bonchev–Trinajstić information content (AvgIpc) is 3.52. The molecule has 9 heteroatoms. The lowest BCUT2D eigenvalue weighted by Gasteiger charge is -2.36. The molecule has 2 saturated heterocycles. The number of piperidine rings is 1. The Labute approximate surface area is 212 Å². The number of hydrogen-bond acceptors (Lipinski definition) is 6. The van der Waals surface area contributed by atoms with Crippen molar-refractivity contribution >= 4 is 17.3 Å². The summed E-state index contributed by atoms with van der Waals surface area (Å²) in [5.41, 5.74) is 4.40. The molecule has 0 radical (unpaired) electrons. The minimum atomic E-state index is -0.456. The van der Waals surface area contributed by atoms with Gasteiger partial charge in [0.05, 0.1) is 35.1 Å². The monoisotopic (exact) mass is 497 g/mol. The van der Waals surface area contributed by atoms with Crippen LogP contribution in [0.5, 0.6) is 0 Å². The summed E-state index contributed by atoms with van der Waals surface area (Å²) in [6.45, 7) is 2.11. The van der Waals surface area contributed by atoms with Crippen LogP contribution < -0.4 is 0 Å². The molecule has 0 unspecified atom stereocenters. The number of rotatable bonds is 4. The zero-order valence-corrected chi connectivity index (χ0v) is 20.8. The largest absolute Gasteiger partial charge is 0.300 e. The molecule has 1 aromatic carbocycles. The molecule has 36 heavy (non-hydrogen) atoms. The predicted octanol–water partition coefficient (Wildman–Crippen LogP) is 5.34. The van der Waals surface area contributed by atoms with Crippen molar-refractivity contribution in [1.82, 2.24) is 24.3 Å². The van der Waals surface area contributed by atoms with Gasteiger partial charge in [-0.15, -0.1) is 0 Å². The molecule has 2 aliphatic heterocycles. The van der Waals surface area contributed by atoms with E-state index in [0.29, 0.717) is 34.1 Å². The van der Waals surface area contributed by atoms with E-state index in [1.165, 1.54) is 36.7 Å². The van der Waals surface area contributed by atoms with Crippen LogP contribution in [0.15, 0.2) is 52.6 Å². The molecule has 4 aromatic rings. The molecule has 2 bridgehead atoms. The van der Waals surface area contributed by atoms with Gasteiger partial charge in [-0.2, -0.15) is 20.7 Å². The SMILES string of the molecule is Cc1c(-c2cc(Sc3ccc(F)cc3C#N)c3c(C#N)cnn3c2)cnn1[C@@H]1C[C@H]2CC[C@@H](C1)N2C. The molecule has 7 nitrogen and oxygen atoms in total. The molecule has 0 amide bonds. The maximum Gasteiger partial charge on any atom is 0.124 e. The fourth-order valence-corrected chi connectivity index (χ4v) is 6.92. The highest BCUT2D eigenvalue weighted by Crippen LogP contribution is 2.42. The van der Waals surface area contributed by atoms with Crippen LogP contribution >= 0.6 is 11.8 Å². The summed E-state index contributed by atoms with van der Waals surface area (Å²) in [7, 11) is 2.24. The molecular formula is C27H24FN7S. The van der Waals surface area contributed by atoms with Crippen molar-refractivity contribution in [1.29, 1.82) is 10.5 Å². The number of pyridine rings is 1. The third kappa shape index (κ3) is 3.67. The highest BCUT2D eigenvalue weighted by molar-refractivity contribution is 7.99. The molecule has 3 atom stereocenters. The van der Waals surface area contributed by atoms with E-state index in [4.69, 9.17) is 5.10 Å². The lowest BCUT2D eigenvalue weighted by atomic mass is 9.97. The molecule has 3 aromatic heterocycles. The lowest BCUT2D eigenvalue weighted by Crippen LogP contribution is -2.40. The van der Waals surface area contributed by atoms with Crippen molar-refractivity contribution in [3.05, 3.63) is 65.5 Å². The van der Waals surface area contributed by atoms with Gasteiger partial charge in [0.1, 0.15) is 18.0 Å². The molecule has 2 aliphatic rings. The van der Waals surface area contributed by atoms with Gasteiger partial charge in [-0.3, -0.25) is 4.68 Å². The highest BCUT2D eigenvalue weighted by Gasteiger charge is 2.39. The Hall–Kier alpha value is -3.66. The summed E-state index contributed by atoms with van der Waals surface area (Å²) in [4.78, 5) is 3.93. The van der Waals surface area contributed by atoms with Gasteiger partial charge in [-0.05, 0) is 63.9 Å². The zero-order chi connectivity index (χ0) is 25.0. The van der Waals surface area contributed by atoms with Crippen molar-refractivity contribution in [2.45, 2.75) is 60.5 Å². The standard InChI is InChI=1S/C27H24FN7S/c1-16-24(14-32-35(16)23-9-21-4-5-22(10-23)33(21)2)18-8-26(27-19(12-30)13-31-34(27)15-18)36-25-6-3-20(28)7-17(25)11-29/h3,6-8,13-15,21-23H,4-5,9-10H2,1-2H3/t21-,22+,23-. The summed E-state index contributed by atoms with van der Waals surface area (Å²) >= 11 is 1.34. The molecule has 180 valence electrons. The van der Waals surface area contributed by atoms with Gasteiger partial charge >= 0.3 is 0 Å². The Morgan fingerprint density at radius 1 is 0.972 bits per heavy atom. The Kier molecular flexibility index (Phi) is 5.55. The van der Waals surface area contributed by atoms with Crippen LogP contribution in [0.2, 0.25) is 0 Å². The number of benzene rings is 1. The summed E-state index contributed by atoms with van der Waals surface area (Å²) in [5, 5.41) is 28.4. The molecule has 2 fully saturated rings. The Bertz CT molecular complexity index is 1560. The third-order valence-corrected chi connectivity index (χ3v) is 8.86. The number of fused-ring (bicyclic) bond motifs is 3. The van der Waals surface area contributed by atoms with Crippen LogP contribution in [0.4, 0.5) is 4.39 Å². The summed E-state index contributed by atoms with van der Waals surface area (Å²) in [5.74, 6) is -0.456. The fraction of sp³-hybridized carbons (Fsp3) is 0.333. The van der Waals surface area contributed by atoms with Gasteiger partial charge in [0.2, 0.25) is 0 Å². The highest BCUT2D eigenvalue weighted by atomic mass is 32.2. The van der Waals surface area contributed by atoms with E-state index >= 15 is 0 Å². The number of aromatic nitrogens is 4. The normalized spacial score (nSPS) is 21.5. The first-order valence-electron chi connectivity index (χ1n) is 12.0. The van der Waals surface area contributed by atoms with Gasteiger partial charge in [-0.25, -0.2) is 8.91 Å². The molecule has 5 heterocycles. The number of nitrogens with zero attached hydrogens (tertiary/aromatic N) is 7. The van der Waals surface area contributed by atoms with Crippen molar-refractivity contribution in [2.75, 3.05) is 7.05 Å². The van der Waals surface area contributed by atoms with Crippen molar-refractivity contribution in [3.8, 4) is 23.3 Å². The minimum absolute atomic E-state index is 0.252. The van der Waals surface area contributed by atoms with E-state index in [0.717, 1.165) is 34.6 Å². The van der Waals surface area contributed by atoms with E-state index in [9.17, 15) is 14.9 Å². The summed E-state index contributed by atoms with van der Waals surface area (Å²) in [6.07, 6.45) is 10.1. The maximum absolute atomic E-state index is 13.7. The second-order valence-corrected chi connectivity index (χ2v) is 10.8. The maximum atomic E-state index is 13.7. The van der Waals surface area contributed by atoms with E-state index in [1.807, 2.05) is 18.5 Å². The summed E-state index contributed by atoms with van der Waals surface area (Å²) in [6, 6.07) is 12.1. The van der Waals surface area contributed by atoms with Crippen molar-refractivity contribution in [2.24, 2.45) is 0 Å². The minimum Gasteiger partial charge on any atom is -0.300 e. The fourth-order valence-electron chi connectivity index (χ4n) is 5.85. The van der Waals surface area contributed by atoms with E-state index in [-0.39, 0.29) is 5.56 Å². The third-order valence-electron chi connectivity index (χ3n) is 7.75. The molecule has 0 aliphatic carbocycles. The van der Waals surface area contributed by atoms with Crippen LogP contribution in [-0.4, -0.2) is 43.4 Å². The second-order valence-electron chi connectivity index (χ2n) is 9.67. The van der Waals surface area contributed by atoms with Gasteiger partial charge in [0.25, 0.3) is 0 Å². The lowest BCUT2D eigenvalue weighted by molar-refractivity contribution is 0.130. The van der Waals surface area contributed by atoms with Crippen LogP contribution in [0, 0.1) is 35.4 Å². The van der Waals surface area contributed by atoms with Crippen LogP contribution in [0.3, 0.4) is 0 Å². The van der Waals surface area contributed by atoms with E-state index in [1.54, 1.807) is 16.8 Å². The first-order chi connectivity index (χ1) is 17.5. The Morgan fingerprint density at radius 2 is 1.72 bits per heavy atom. The Balaban J connectivity index is 1.42. The smallest absolute Gasteiger partial charge is 0.124 e. The van der Waals surface area contributed by atoms with Crippen molar-refractivity contribution < 1.29 is 4.39 Å². The van der Waals surface area contributed by atoms with Gasteiger partial charge in [0.15, 0.2) is 0 Å². The van der Waals surface area contributed by atoms with E-state index < -0.39 is 5.82 Å². The zero-order valence-electron chi connectivity index (χ0n) is 20.0. The van der Waals surface area contributed by atoms with Crippen LogP contribution in [-0.2, 0) is 0 Å². The predicted molar refractivity (Wildman–Crippen MR) is 134 cm³/mol. The summed E-state index contributed by atoms with van der Waals surface area (Å²) < 4.78 is 17.6. The second kappa shape index (κ2) is 8.77. The van der Waals surface area contributed by atoms with Gasteiger partial charge in [0, 0.05) is 44.9 Å². The molecule has 0 saturated carbocycles. The quantitative estimate of drug-likeness (QED) is 0.378. The van der Waals surface area contributed by atoms with Crippen LogP contribution in [0.25, 0.3) is 16.6 Å². The molecule has 0 N–H and O–H groups in total. The topological polar surface area (TPSA) is 85.9 Å². The van der Waals surface area contributed by atoms with Gasteiger partial charge < -0.3 is 4.90 Å².